The van der Waals surface area contributed by atoms with Gasteiger partial charge in [0, 0.05) is 6.42 Å². The van der Waals surface area contributed by atoms with Gasteiger partial charge in [0.2, 0.25) is 0 Å². The van der Waals surface area contributed by atoms with E-state index in [2.05, 4.69) is 57.2 Å². The lowest BCUT2D eigenvalue weighted by Gasteiger charge is -2.43. The van der Waals surface area contributed by atoms with Crippen molar-refractivity contribution in [2.75, 3.05) is 0 Å². The van der Waals surface area contributed by atoms with Crippen molar-refractivity contribution in [1.82, 2.24) is 0 Å². The van der Waals surface area contributed by atoms with Crippen LogP contribution in [0.2, 0.25) is 5.04 Å². The molecule has 1 atom stereocenters. The molecular weight excluding hydrogens is 388 g/mol. The Hall–Kier alpha value is -2.69. The molecule has 156 valence electrons. The van der Waals surface area contributed by atoms with E-state index in [9.17, 15) is 9.90 Å². The molecule has 0 aliphatic carbocycles. The second-order valence-electron chi connectivity index (χ2n) is 8.78. The summed E-state index contributed by atoms with van der Waals surface area (Å²) in [5, 5.41) is 11.5. The highest BCUT2D eigenvalue weighted by atomic mass is 28.4. The van der Waals surface area contributed by atoms with Gasteiger partial charge in [-0.15, -0.1) is 0 Å². The first-order valence-corrected chi connectivity index (χ1v) is 12.2. The number of aliphatic hydroxyl groups is 1. The van der Waals surface area contributed by atoms with Gasteiger partial charge in [0.05, 0.1) is 6.61 Å². The van der Waals surface area contributed by atoms with Crippen molar-refractivity contribution in [2.45, 2.75) is 45.8 Å². The zero-order chi connectivity index (χ0) is 21.8. The predicted octanol–water partition coefficient (Wildman–Crippen LogP) is 4.25. The lowest BCUT2D eigenvalue weighted by Crippen LogP contribution is -2.69. The van der Waals surface area contributed by atoms with E-state index in [-0.39, 0.29) is 17.4 Å². The summed E-state index contributed by atoms with van der Waals surface area (Å²) in [7, 11) is -2.77. The van der Waals surface area contributed by atoms with Crippen LogP contribution in [0, 0.1) is 0 Å². The molecule has 0 aromatic heterocycles. The van der Waals surface area contributed by atoms with E-state index in [1.807, 2.05) is 42.5 Å². The van der Waals surface area contributed by atoms with Gasteiger partial charge in [0.15, 0.2) is 0 Å². The summed E-state index contributed by atoms with van der Waals surface area (Å²) in [5.74, 6) is 0.935. The van der Waals surface area contributed by atoms with E-state index in [0.717, 1.165) is 22.1 Å². The third kappa shape index (κ3) is 4.55. The quantitative estimate of drug-likeness (QED) is 0.584. The van der Waals surface area contributed by atoms with Gasteiger partial charge in [-0.3, -0.25) is 4.79 Å². The highest BCUT2D eigenvalue weighted by Gasteiger charge is 2.52. The molecule has 3 nitrogen and oxygen atoms in total. The maximum absolute atomic E-state index is 11.8. The number of carbonyl (C=O) groups is 1. The number of aliphatic hydroxyl groups excluding tert-OH is 1. The van der Waals surface area contributed by atoms with E-state index >= 15 is 0 Å². The minimum atomic E-state index is -2.77. The number of hydrogen-bond acceptors (Lipinski definition) is 3. The maximum atomic E-state index is 11.8. The van der Waals surface area contributed by atoms with Crippen molar-refractivity contribution < 1.29 is 14.3 Å². The summed E-state index contributed by atoms with van der Waals surface area (Å²) >= 11 is 0. The van der Waals surface area contributed by atoms with Crippen LogP contribution in [0.5, 0.6) is 5.75 Å². The SMILES string of the molecule is CC(=O)Cc1cccc([Si](Oc2ccc(CO)cc2)(c2ccccc2)C(C)(C)C)c1. The molecule has 0 spiro atoms. The van der Waals surface area contributed by atoms with Gasteiger partial charge in [-0.2, -0.15) is 0 Å². The third-order valence-corrected chi connectivity index (χ3v) is 10.3. The van der Waals surface area contributed by atoms with Gasteiger partial charge in [0.1, 0.15) is 11.5 Å². The third-order valence-electron chi connectivity index (χ3n) is 5.40. The van der Waals surface area contributed by atoms with E-state index < -0.39 is 8.32 Å². The standard InChI is InChI=1S/C26H30O3Si/c1-20(28)17-22-9-8-12-25(18-22)30(26(2,3)4,24-10-6-5-7-11-24)29-23-15-13-21(19-27)14-16-23/h5-16,18,27H,17,19H2,1-4H3. The first-order chi connectivity index (χ1) is 14.3. The molecule has 1 N–H and O–H groups in total. The van der Waals surface area contributed by atoms with Crippen molar-refractivity contribution in [3.05, 3.63) is 90.0 Å². The average molecular weight is 419 g/mol. The number of ketones is 1. The molecule has 0 fully saturated rings. The Kier molecular flexibility index (Phi) is 6.59. The van der Waals surface area contributed by atoms with Crippen LogP contribution >= 0.6 is 0 Å². The van der Waals surface area contributed by atoms with Crippen LogP contribution < -0.4 is 14.8 Å². The van der Waals surface area contributed by atoms with Gasteiger partial charge in [-0.1, -0.05) is 87.5 Å². The largest absolute Gasteiger partial charge is 0.534 e. The molecule has 0 saturated heterocycles. The summed E-state index contributed by atoms with van der Waals surface area (Å²) in [6.45, 7) is 8.31. The van der Waals surface area contributed by atoms with Crippen molar-refractivity contribution >= 4 is 24.5 Å². The second kappa shape index (κ2) is 8.98. The molecule has 30 heavy (non-hydrogen) atoms. The highest BCUT2D eigenvalue weighted by Crippen LogP contribution is 2.37. The summed E-state index contributed by atoms with van der Waals surface area (Å²) in [6, 6.07) is 26.4. The zero-order valence-corrected chi connectivity index (χ0v) is 19.2. The lowest BCUT2D eigenvalue weighted by molar-refractivity contribution is -0.116. The Morgan fingerprint density at radius 3 is 2.07 bits per heavy atom. The number of benzene rings is 3. The van der Waals surface area contributed by atoms with Crippen LogP contribution in [0.1, 0.15) is 38.8 Å². The molecule has 0 bridgehead atoms. The summed E-state index contributed by atoms with van der Waals surface area (Å²) in [5.41, 5.74) is 1.87. The first-order valence-electron chi connectivity index (χ1n) is 10.3. The second-order valence-corrected chi connectivity index (χ2v) is 13.0. The lowest BCUT2D eigenvalue weighted by atomic mass is 10.1. The molecule has 3 rings (SSSR count). The molecule has 0 amide bonds. The molecule has 4 heteroatoms. The molecular formula is C26H30O3Si. The first kappa shape index (κ1) is 22.0. The van der Waals surface area contributed by atoms with Crippen molar-refractivity contribution in [3.8, 4) is 5.75 Å². The number of rotatable bonds is 7. The molecule has 3 aromatic carbocycles. The summed E-state index contributed by atoms with van der Waals surface area (Å²) in [4.78, 5) is 11.8. The maximum Gasteiger partial charge on any atom is 0.319 e. The molecule has 0 aliphatic heterocycles. The molecule has 1 unspecified atom stereocenters. The normalized spacial score (nSPS) is 13.5. The summed E-state index contributed by atoms with van der Waals surface area (Å²) < 4.78 is 6.97. The highest BCUT2D eigenvalue weighted by molar-refractivity contribution is 7.00. The average Bonchev–Trinajstić information content (AvgIpc) is 2.72. The topological polar surface area (TPSA) is 46.5 Å². The van der Waals surface area contributed by atoms with Crippen LogP contribution in [0.25, 0.3) is 0 Å². The fourth-order valence-corrected chi connectivity index (χ4v) is 8.48. The summed E-state index contributed by atoms with van der Waals surface area (Å²) in [6.07, 6.45) is 0.419. The monoisotopic (exact) mass is 418 g/mol. The number of Topliss-reactive ketones (excluding diaryl/α,β-unsaturated/α-hetero) is 1. The smallest absolute Gasteiger partial charge is 0.319 e. The zero-order valence-electron chi connectivity index (χ0n) is 18.2. The molecule has 0 radical (unpaired) electrons. The van der Waals surface area contributed by atoms with Gasteiger partial charge in [0.25, 0.3) is 0 Å². The molecule has 3 aromatic rings. The minimum absolute atomic E-state index is 0.00784. The predicted molar refractivity (Wildman–Crippen MR) is 125 cm³/mol. The van der Waals surface area contributed by atoms with Gasteiger partial charge in [-0.05, 0) is 45.6 Å². The van der Waals surface area contributed by atoms with Gasteiger partial charge >= 0.3 is 8.32 Å². The van der Waals surface area contributed by atoms with Crippen molar-refractivity contribution in [1.29, 1.82) is 0 Å². The van der Waals surface area contributed by atoms with Crippen molar-refractivity contribution in [2.24, 2.45) is 0 Å². The van der Waals surface area contributed by atoms with E-state index in [1.165, 1.54) is 5.19 Å². The fraction of sp³-hybridized carbons (Fsp3) is 0.269. The van der Waals surface area contributed by atoms with Crippen LogP contribution in [0.4, 0.5) is 0 Å². The Morgan fingerprint density at radius 2 is 1.50 bits per heavy atom. The van der Waals surface area contributed by atoms with Gasteiger partial charge in [-0.25, -0.2) is 0 Å². The number of hydrogen-bond donors (Lipinski definition) is 1. The van der Waals surface area contributed by atoms with E-state index in [4.69, 9.17) is 4.43 Å². The Balaban J connectivity index is 2.22. The Labute approximate surface area is 180 Å². The van der Waals surface area contributed by atoms with Crippen LogP contribution in [-0.4, -0.2) is 19.2 Å². The molecule has 0 saturated carbocycles. The Bertz CT molecular complexity index is 991. The van der Waals surface area contributed by atoms with E-state index in [1.54, 1.807) is 6.92 Å². The van der Waals surface area contributed by atoms with E-state index in [0.29, 0.717) is 6.42 Å². The number of carbonyl (C=O) groups excluding carboxylic acids is 1. The van der Waals surface area contributed by atoms with Gasteiger partial charge < -0.3 is 9.53 Å². The van der Waals surface area contributed by atoms with Crippen LogP contribution in [0.3, 0.4) is 0 Å². The van der Waals surface area contributed by atoms with Crippen LogP contribution in [-0.2, 0) is 17.8 Å². The minimum Gasteiger partial charge on any atom is -0.534 e. The van der Waals surface area contributed by atoms with Crippen LogP contribution in [0.15, 0.2) is 78.9 Å². The Morgan fingerprint density at radius 1 is 0.867 bits per heavy atom. The molecule has 0 heterocycles. The fourth-order valence-electron chi connectivity index (χ4n) is 4.00. The van der Waals surface area contributed by atoms with Crippen molar-refractivity contribution in [3.63, 3.8) is 0 Å². The molecule has 0 aliphatic rings.